The molecular weight excluding hydrogens is 358 g/mol. The van der Waals surface area contributed by atoms with Crippen LogP contribution in [0.15, 0.2) is 84.9 Å². The van der Waals surface area contributed by atoms with Crippen LogP contribution in [0.2, 0.25) is 5.02 Å². The average molecular weight is 380 g/mol. The van der Waals surface area contributed by atoms with Crippen molar-refractivity contribution in [2.45, 2.75) is 25.5 Å². The summed E-state index contributed by atoms with van der Waals surface area (Å²) in [6.45, 7) is 1.93. The van der Waals surface area contributed by atoms with E-state index < -0.39 is 6.10 Å². The van der Waals surface area contributed by atoms with E-state index in [-0.39, 0.29) is 11.9 Å². The van der Waals surface area contributed by atoms with E-state index in [1.54, 1.807) is 24.3 Å². The molecule has 1 atom stereocenters. The van der Waals surface area contributed by atoms with Gasteiger partial charge in [-0.3, -0.25) is 4.79 Å². The molecule has 3 rings (SSSR count). The molecule has 27 heavy (non-hydrogen) atoms. The predicted molar refractivity (Wildman–Crippen MR) is 109 cm³/mol. The van der Waals surface area contributed by atoms with Crippen LogP contribution in [0.4, 0.5) is 0 Å². The van der Waals surface area contributed by atoms with Crippen LogP contribution in [0.5, 0.6) is 5.75 Å². The normalized spacial score (nSPS) is 11.8. The molecule has 138 valence electrons. The van der Waals surface area contributed by atoms with Crippen molar-refractivity contribution in [3.63, 3.8) is 0 Å². The number of amides is 1. The molecule has 3 aromatic carbocycles. The molecule has 0 saturated heterocycles. The summed E-state index contributed by atoms with van der Waals surface area (Å²) in [7, 11) is 0. The van der Waals surface area contributed by atoms with Crippen molar-refractivity contribution in [3.05, 3.63) is 101 Å². The van der Waals surface area contributed by atoms with Gasteiger partial charge in [0.15, 0.2) is 6.10 Å². The molecule has 0 aliphatic carbocycles. The molecule has 0 aliphatic rings. The number of carbonyl (C=O) groups excluding carboxylic acids is 1. The molecule has 3 aromatic rings. The average Bonchev–Trinajstić information content (AvgIpc) is 2.71. The van der Waals surface area contributed by atoms with Gasteiger partial charge in [0.1, 0.15) is 5.75 Å². The maximum atomic E-state index is 13.0. The Labute approximate surface area is 164 Å². The largest absolute Gasteiger partial charge is 0.481 e. The van der Waals surface area contributed by atoms with E-state index >= 15 is 0 Å². The molecule has 4 heteroatoms. The van der Waals surface area contributed by atoms with Gasteiger partial charge in [0.25, 0.3) is 5.91 Å². The smallest absolute Gasteiger partial charge is 0.261 e. The van der Waals surface area contributed by atoms with E-state index in [2.05, 4.69) is 5.32 Å². The Hall–Kier alpha value is -2.78. The molecule has 0 heterocycles. The molecule has 3 nitrogen and oxygen atoms in total. The van der Waals surface area contributed by atoms with Gasteiger partial charge in [0.05, 0.1) is 6.04 Å². The number of ether oxygens (including phenoxy) is 1. The molecule has 0 aromatic heterocycles. The predicted octanol–water partition coefficient (Wildman–Crippen LogP) is 5.40. The zero-order valence-corrected chi connectivity index (χ0v) is 15.9. The van der Waals surface area contributed by atoms with Crippen LogP contribution >= 0.6 is 11.6 Å². The van der Waals surface area contributed by atoms with Gasteiger partial charge in [-0.1, -0.05) is 85.3 Å². The minimum Gasteiger partial charge on any atom is -0.481 e. The Kier molecular flexibility index (Phi) is 6.50. The summed E-state index contributed by atoms with van der Waals surface area (Å²) in [6, 6.07) is 26.7. The van der Waals surface area contributed by atoms with Crippen LogP contribution in [-0.2, 0) is 4.79 Å². The van der Waals surface area contributed by atoms with Crippen molar-refractivity contribution in [3.8, 4) is 5.75 Å². The van der Waals surface area contributed by atoms with Crippen LogP contribution in [-0.4, -0.2) is 12.0 Å². The maximum Gasteiger partial charge on any atom is 0.261 e. The fourth-order valence-electron chi connectivity index (χ4n) is 2.91. The number of benzene rings is 3. The lowest BCUT2D eigenvalue weighted by Crippen LogP contribution is -2.40. The standard InChI is InChI=1S/C23H22ClNO2/c1-2-21(27-20-15-9-14-19(24)16-20)23(26)25-22(17-10-5-3-6-11-17)18-12-7-4-8-13-18/h3-16,21-22H,2H2,1H3,(H,25,26)/t21-/m0/s1. The second kappa shape index (κ2) is 9.24. The van der Waals surface area contributed by atoms with Gasteiger partial charge in [0, 0.05) is 5.02 Å². The van der Waals surface area contributed by atoms with Crippen LogP contribution in [0.3, 0.4) is 0 Å². The number of hydrogen-bond donors (Lipinski definition) is 1. The minimum atomic E-state index is -0.599. The number of nitrogens with one attached hydrogen (secondary N) is 1. The zero-order chi connectivity index (χ0) is 19.1. The number of hydrogen-bond acceptors (Lipinski definition) is 2. The van der Waals surface area contributed by atoms with Crippen molar-refractivity contribution >= 4 is 17.5 Å². The van der Waals surface area contributed by atoms with Crippen LogP contribution in [0.25, 0.3) is 0 Å². The molecule has 0 fully saturated rings. The summed E-state index contributed by atoms with van der Waals surface area (Å²) in [4.78, 5) is 13.0. The first kappa shape index (κ1) is 19.0. The molecular formula is C23H22ClNO2. The molecule has 0 saturated carbocycles. The summed E-state index contributed by atoms with van der Waals surface area (Å²) < 4.78 is 5.88. The van der Waals surface area contributed by atoms with Gasteiger partial charge < -0.3 is 10.1 Å². The molecule has 0 unspecified atom stereocenters. The van der Waals surface area contributed by atoms with E-state index in [9.17, 15) is 4.79 Å². The van der Waals surface area contributed by atoms with E-state index in [1.807, 2.05) is 67.6 Å². The number of rotatable bonds is 7. The van der Waals surface area contributed by atoms with Gasteiger partial charge >= 0.3 is 0 Å². The molecule has 1 N–H and O–H groups in total. The topological polar surface area (TPSA) is 38.3 Å². The van der Waals surface area contributed by atoms with Gasteiger partial charge in [-0.15, -0.1) is 0 Å². The second-order valence-corrected chi connectivity index (χ2v) is 6.67. The zero-order valence-electron chi connectivity index (χ0n) is 15.1. The SMILES string of the molecule is CC[C@H](Oc1cccc(Cl)c1)C(=O)NC(c1ccccc1)c1ccccc1. The minimum absolute atomic E-state index is 0.157. The van der Waals surface area contributed by atoms with Crippen molar-refractivity contribution < 1.29 is 9.53 Å². The third-order valence-corrected chi connectivity index (χ3v) is 4.53. The Morgan fingerprint density at radius 2 is 1.52 bits per heavy atom. The van der Waals surface area contributed by atoms with Gasteiger partial charge in [0.2, 0.25) is 0 Å². The van der Waals surface area contributed by atoms with Gasteiger partial charge in [-0.25, -0.2) is 0 Å². The van der Waals surface area contributed by atoms with Crippen molar-refractivity contribution in [1.29, 1.82) is 0 Å². The second-order valence-electron chi connectivity index (χ2n) is 6.24. The molecule has 0 radical (unpaired) electrons. The van der Waals surface area contributed by atoms with Crippen LogP contribution in [0.1, 0.15) is 30.5 Å². The first-order valence-electron chi connectivity index (χ1n) is 9.00. The van der Waals surface area contributed by atoms with Crippen molar-refractivity contribution in [2.24, 2.45) is 0 Å². The van der Waals surface area contributed by atoms with Gasteiger partial charge in [-0.05, 0) is 35.7 Å². The van der Waals surface area contributed by atoms with E-state index in [0.29, 0.717) is 17.2 Å². The summed E-state index contributed by atoms with van der Waals surface area (Å²) >= 11 is 6.01. The van der Waals surface area contributed by atoms with E-state index in [1.165, 1.54) is 0 Å². The lowest BCUT2D eigenvalue weighted by molar-refractivity contribution is -0.128. The van der Waals surface area contributed by atoms with E-state index in [0.717, 1.165) is 11.1 Å². The highest BCUT2D eigenvalue weighted by Crippen LogP contribution is 2.23. The fraction of sp³-hybridized carbons (Fsp3) is 0.174. The third kappa shape index (κ3) is 5.11. The Morgan fingerprint density at radius 1 is 0.926 bits per heavy atom. The Bertz CT molecular complexity index is 828. The Balaban J connectivity index is 1.80. The lowest BCUT2D eigenvalue weighted by atomic mass is 9.98. The third-order valence-electron chi connectivity index (χ3n) is 4.29. The highest BCUT2D eigenvalue weighted by molar-refractivity contribution is 6.30. The molecule has 0 aliphatic heterocycles. The highest BCUT2D eigenvalue weighted by Gasteiger charge is 2.23. The summed E-state index contributed by atoms with van der Waals surface area (Å²) in [6.07, 6.45) is -0.0485. The quantitative estimate of drug-likeness (QED) is 0.596. The van der Waals surface area contributed by atoms with Crippen molar-refractivity contribution in [2.75, 3.05) is 0 Å². The highest BCUT2D eigenvalue weighted by atomic mass is 35.5. The monoisotopic (exact) mass is 379 g/mol. The first-order chi connectivity index (χ1) is 13.2. The number of halogens is 1. The van der Waals surface area contributed by atoms with Gasteiger partial charge in [-0.2, -0.15) is 0 Å². The Morgan fingerprint density at radius 3 is 2.04 bits per heavy atom. The van der Waals surface area contributed by atoms with Crippen molar-refractivity contribution in [1.82, 2.24) is 5.32 Å². The number of carbonyl (C=O) groups is 1. The van der Waals surface area contributed by atoms with Crippen LogP contribution in [0, 0.1) is 0 Å². The maximum absolute atomic E-state index is 13.0. The molecule has 0 bridgehead atoms. The summed E-state index contributed by atoms with van der Waals surface area (Å²) in [5.41, 5.74) is 2.05. The molecule has 0 spiro atoms. The van der Waals surface area contributed by atoms with Crippen LogP contribution < -0.4 is 10.1 Å². The fourth-order valence-corrected chi connectivity index (χ4v) is 3.09. The summed E-state index contributed by atoms with van der Waals surface area (Å²) in [5, 5.41) is 3.72. The summed E-state index contributed by atoms with van der Waals surface area (Å²) in [5.74, 6) is 0.427. The van der Waals surface area contributed by atoms with E-state index in [4.69, 9.17) is 16.3 Å². The lowest BCUT2D eigenvalue weighted by Gasteiger charge is -2.24. The molecule has 1 amide bonds. The first-order valence-corrected chi connectivity index (χ1v) is 9.37.